The fourth-order valence-electron chi connectivity index (χ4n) is 3.23. The number of aromatic nitrogens is 2. The number of nitrogens with zero attached hydrogens (tertiary/aromatic N) is 3. The largest absolute Gasteiger partial charge is 0.356 e. The molecule has 0 aliphatic carbocycles. The third-order valence-corrected chi connectivity index (χ3v) is 5.49. The maximum Gasteiger partial charge on any atom is 0.216 e. The SMILES string of the molecule is CC(=O)NC[C@@H]1CCCN(Cc2cnc(SCc3ccccc3)nc2)C1. The van der Waals surface area contributed by atoms with Crippen molar-refractivity contribution in [2.45, 2.75) is 37.2 Å². The normalized spacial score (nSPS) is 17.8. The van der Waals surface area contributed by atoms with E-state index in [1.165, 1.54) is 18.4 Å². The lowest BCUT2D eigenvalue weighted by Gasteiger charge is -2.32. The molecular formula is C20H26N4OS. The minimum absolute atomic E-state index is 0.0547. The van der Waals surface area contributed by atoms with E-state index in [9.17, 15) is 4.79 Å². The zero-order chi connectivity index (χ0) is 18.2. The van der Waals surface area contributed by atoms with Gasteiger partial charge in [0.05, 0.1) is 0 Å². The molecule has 2 aromatic rings. The fraction of sp³-hybridized carbons (Fsp3) is 0.450. The molecule has 1 saturated heterocycles. The first-order valence-corrected chi connectivity index (χ1v) is 10.1. The molecule has 1 N–H and O–H groups in total. The van der Waals surface area contributed by atoms with Crippen LogP contribution in [0.4, 0.5) is 0 Å². The van der Waals surface area contributed by atoms with Gasteiger partial charge >= 0.3 is 0 Å². The number of carbonyl (C=O) groups excluding carboxylic acids is 1. The Labute approximate surface area is 159 Å². The highest BCUT2D eigenvalue weighted by molar-refractivity contribution is 7.98. The third-order valence-electron chi connectivity index (χ3n) is 4.54. The summed E-state index contributed by atoms with van der Waals surface area (Å²) >= 11 is 1.66. The highest BCUT2D eigenvalue weighted by atomic mass is 32.2. The van der Waals surface area contributed by atoms with Crippen LogP contribution in [0.2, 0.25) is 0 Å². The number of hydrogen-bond donors (Lipinski definition) is 1. The molecule has 0 bridgehead atoms. The zero-order valence-electron chi connectivity index (χ0n) is 15.2. The van der Waals surface area contributed by atoms with Crippen molar-refractivity contribution >= 4 is 17.7 Å². The number of thioether (sulfide) groups is 1. The summed E-state index contributed by atoms with van der Waals surface area (Å²) in [6, 6.07) is 10.4. The number of carbonyl (C=O) groups is 1. The monoisotopic (exact) mass is 370 g/mol. The van der Waals surface area contributed by atoms with Crippen LogP contribution >= 0.6 is 11.8 Å². The first-order chi connectivity index (χ1) is 12.7. The van der Waals surface area contributed by atoms with E-state index in [-0.39, 0.29) is 5.91 Å². The summed E-state index contributed by atoms with van der Waals surface area (Å²) < 4.78 is 0. The molecule has 138 valence electrons. The average molecular weight is 371 g/mol. The Morgan fingerprint density at radius 1 is 1.23 bits per heavy atom. The first kappa shape index (κ1) is 18.9. The summed E-state index contributed by atoms with van der Waals surface area (Å²) in [5, 5.41) is 3.76. The number of benzene rings is 1. The molecule has 1 aliphatic rings. The molecule has 1 amide bonds. The van der Waals surface area contributed by atoms with Gasteiger partial charge < -0.3 is 5.32 Å². The lowest BCUT2D eigenvalue weighted by atomic mass is 9.97. The van der Waals surface area contributed by atoms with Crippen LogP contribution in [-0.2, 0) is 17.1 Å². The molecular weight excluding hydrogens is 344 g/mol. The van der Waals surface area contributed by atoms with Crippen molar-refractivity contribution in [3.63, 3.8) is 0 Å². The maximum atomic E-state index is 11.1. The van der Waals surface area contributed by atoms with Crippen molar-refractivity contribution in [3.8, 4) is 0 Å². The number of likely N-dealkylation sites (tertiary alicyclic amines) is 1. The van der Waals surface area contributed by atoms with E-state index in [1.807, 2.05) is 18.5 Å². The Balaban J connectivity index is 1.47. The van der Waals surface area contributed by atoms with Crippen molar-refractivity contribution in [3.05, 3.63) is 53.9 Å². The molecule has 1 fully saturated rings. The second-order valence-corrected chi connectivity index (χ2v) is 7.77. The third kappa shape index (κ3) is 6.11. The summed E-state index contributed by atoms with van der Waals surface area (Å²) in [7, 11) is 0. The molecule has 1 aliphatic heterocycles. The standard InChI is InChI=1S/C20H26N4OS/c1-16(25)21-10-18-8-5-9-24(13-18)14-19-11-22-20(23-12-19)26-15-17-6-3-2-4-7-17/h2-4,6-7,11-12,18H,5,8-10,13-15H2,1H3,(H,21,25)/t18-/m0/s1. The summed E-state index contributed by atoms with van der Waals surface area (Å²) in [5.74, 6) is 1.48. The van der Waals surface area contributed by atoms with Crippen LogP contribution in [0.1, 0.15) is 30.9 Å². The Morgan fingerprint density at radius 2 is 2.00 bits per heavy atom. The second-order valence-electron chi connectivity index (χ2n) is 6.83. The van der Waals surface area contributed by atoms with E-state index in [4.69, 9.17) is 0 Å². The smallest absolute Gasteiger partial charge is 0.216 e. The van der Waals surface area contributed by atoms with Gasteiger partial charge in [0.25, 0.3) is 0 Å². The topological polar surface area (TPSA) is 58.1 Å². The molecule has 2 heterocycles. The summed E-state index contributed by atoms with van der Waals surface area (Å²) in [6.07, 6.45) is 6.24. The maximum absolute atomic E-state index is 11.1. The van der Waals surface area contributed by atoms with Crippen LogP contribution in [0.15, 0.2) is 47.9 Å². The van der Waals surface area contributed by atoms with Gasteiger partial charge in [-0.1, -0.05) is 42.1 Å². The van der Waals surface area contributed by atoms with Gasteiger partial charge in [0, 0.05) is 50.3 Å². The summed E-state index contributed by atoms with van der Waals surface area (Å²) in [6.45, 7) is 5.35. The molecule has 1 aromatic carbocycles. The molecule has 6 heteroatoms. The molecule has 1 atom stereocenters. The van der Waals surface area contributed by atoms with Crippen molar-refractivity contribution < 1.29 is 4.79 Å². The van der Waals surface area contributed by atoms with E-state index in [2.05, 4.69) is 44.5 Å². The van der Waals surface area contributed by atoms with Gasteiger partial charge in [-0.05, 0) is 30.9 Å². The molecule has 26 heavy (non-hydrogen) atoms. The number of rotatable bonds is 7. The van der Waals surface area contributed by atoms with E-state index >= 15 is 0 Å². The van der Waals surface area contributed by atoms with Gasteiger partial charge in [0.15, 0.2) is 5.16 Å². The Bertz CT molecular complexity index is 693. The van der Waals surface area contributed by atoms with Crippen molar-refractivity contribution in [2.24, 2.45) is 5.92 Å². The molecule has 0 radical (unpaired) electrons. The molecule has 5 nitrogen and oxygen atoms in total. The van der Waals surface area contributed by atoms with Gasteiger partial charge in [-0.25, -0.2) is 9.97 Å². The first-order valence-electron chi connectivity index (χ1n) is 9.13. The minimum atomic E-state index is 0.0547. The van der Waals surface area contributed by atoms with Gasteiger partial charge in [-0.15, -0.1) is 0 Å². The van der Waals surface area contributed by atoms with Crippen LogP contribution in [0.3, 0.4) is 0 Å². The molecule has 3 rings (SSSR count). The lowest BCUT2D eigenvalue weighted by molar-refractivity contribution is -0.119. The zero-order valence-corrected chi connectivity index (χ0v) is 16.0. The second kappa shape index (κ2) is 9.69. The molecule has 1 aromatic heterocycles. The van der Waals surface area contributed by atoms with Crippen LogP contribution in [0, 0.1) is 5.92 Å². The number of amides is 1. The quantitative estimate of drug-likeness (QED) is 0.599. The van der Waals surface area contributed by atoms with E-state index < -0.39 is 0 Å². The number of nitrogens with one attached hydrogen (secondary N) is 1. The Morgan fingerprint density at radius 3 is 2.73 bits per heavy atom. The summed E-state index contributed by atoms with van der Waals surface area (Å²) in [5.41, 5.74) is 2.43. The number of hydrogen-bond acceptors (Lipinski definition) is 5. The highest BCUT2D eigenvalue weighted by Gasteiger charge is 2.20. The summed E-state index contributed by atoms with van der Waals surface area (Å²) in [4.78, 5) is 22.5. The van der Waals surface area contributed by atoms with Crippen molar-refractivity contribution in [1.82, 2.24) is 20.2 Å². The van der Waals surface area contributed by atoms with E-state index in [1.54, 1.807) is 18.7 Å². The van der Waals surface area contributed by atoms with Gasteiger partial charge in [0.2, 0.25) is 5.91 Å². The highest BCUT2D eigenvalue weighted by Crippen LogP contribution is 2.20. The molecule has 0 saturated carbocycles. The van der Waals surface area contributed by atoms with Crippen molar-refractivity contribution in [1.29, 1.82) is 0 Å². The van der Waals surface area contributed by atoms with Crippen LogP contribution in [-0.4, -0.2) is 40.4 Å². The molecule has 0 unspecified atom stereocenters. The van der Waals surface area contributed by atoms with E-state index in [0.29, 0.717) is 5.92 Å². The average Bonchev–Trinajstić information content (AvgIpc) is 2.67. The minimum Gasteiger partial charge on any atom is -0.356 e. The van der Waals surface area contributed by atoms with Crippen LogP contribution < -0.4 is 5.32 Å². The van der Waals surface area contributed by atoms with Crippen LogP contribution in [0.25, 0.3) is 0 Å². The number of piperidine rings is 1. The Hall–Kier alpha value is -1.92. The predicted molar refractivity (Wildman–Crippen MR) is 105 cm³/mol. The van der Waals surface area contributed by atoms with Gasteiger partial charge in [-0.2, -0.15) is 0 Å². The van der Waals surface area contributed by atoms with Crippen molar-refractivity contribution in [2.75, 3.05) is 19.6 Å². The van der Waals surface area contributed by atoms with Crippen LogP contribution in [0.5, 0.6) is 0 Å². The fourth-order valence-corrected chi connectivity index (χ4v) is 3.97. The van der Waals surface area contributed by atoms with Gasteiger partial charge in [0.1, 0.15) is 0 Å². The van der Waals surface area contributed by atoms with Gasteiger partial charge in [-0.3, -0.25) is 9.69 Å². The van der Waals surface area contributed by atoms with E-state index in [0.717, 1.165) is 42.7 Å². The Kier molecular flexibility index (Phi) is 7.03. The predicted octanol–water partition coefficient (Wildman–Crippen LogP) is 3.12. The molecule has 0 spiro atoms. The lowest BCUT2D eigenvalue weighted by Crippen LogP contribution is -2.40.